The maximum absolute atomic E-state index is 4.93. The molecule has 0 spiro atoms. The summed E-state index contributed by atoms with van der Waals surface area (Å²) >= 11 is 0. The Morgan fingerprint density at radius 2 is 0.613 bits per heavy atom. The second kappa shape index (κ2) is 7.37. The summed E-state index contributed by atoms with van der Waals surface area (Å²) in [7, 11) is 0. The molecule has 2 aromatic carbocycles. The van der Waals surface area contributed by atoms with Crippen molar-refractivity contribution in [3.63, 3.8) is 0 Å². The van der Waals surface area contributed by atoms with Crippen LogP contribution in [0.4, 0.5) is 0 Å². The number of hydrogen-bond acceptors (Lipinski definition) is 4. The van der Waals surface area contributed by atoms with Gasteiger partial charge in [-0.15, -0.1) is 0 Å². The molecule has 2 aromatic heterocycles. The van der Waals surface area contributed by atoms with Gasteiger partial charge in [-0.3, -0.25) is 0 Å². The summed E-state index contributed by atoms with van der Waals surface area (Å²) < 4.78 is 0. The third kappa shape index (κ3) is 3.20. The van der Waals surface area contributed by atoms with Crippen LogP contribution in [0.1, 0.15) is 67.3 Å². The van der Waals surface area contributed by atoms with Crippen LogP contribution in [0.2, 0.25) is 0 Å². The first-order chi connectivity index (χ1) is 14.5. The molecule has 0 amide bonds. The molecule has 0 saturated heterocycles. The topological polar surface area (TPSA) is 51.6 Å². The SMILES string of the molecule is Cc1nc2c(C)c(C)c(Cc3c(C)c(C)c4nc(C)c(C)nc4c3C)c(C)c2nc1C. The summed E-state index contributed by atoms with van der Waals surface area (Å²) in [5, 5.41) is 0. The standard InChI is InChI=1S/C27H32N4/c1-12-14(3)24-26(30-20(9)18(7)28-24)16(5)22(12)11-23-13(2)15(4)25-27(17(23)6)31-21(10)19(8)29-25/h11H2,1-10H3. The number of fused-ring (bicyclic) bond motifs is 2. The molecule has 4 nitrogen and oxygen atoms in total. The number of aromatic nitrogens is 4. The Morgan fingerprint density at radius 1 is 0.355 bits per heavy atom. The molecule has 4 heteroatoms. The average Bonchev–Trinajstić information content (AvgIpc) is 2.73. The van der Waals surface area contributed by atoms with E-state index < -0.39 is 0 Å². The van der Waals surface area contributed by atoms with Gasteiger partial charge in [-0.25, -0.2) is 19.9 Å². The maximum atomic E-state index is 4.93. The molecule has 0 aliphatic heterocycles. The summed E-state index contributed by atoms with van der Waals surface area (Å²) in [4.78, 5) is 19.6. The lowest BCUT2D eigenvalue weighted by Crippen LogP contribution is -2.08. The van der Waals surface area contributed by atoms with Gasteiger partial charge in [0.15, 0.2) is 0 Å². The highest BCUT2D eigenvalue weighted by atomic mass is 14.8. The van der Waals surface area contributed by atoms with E-state index >= 15 is 0 Å². The molecule has 0 radical (unpaired) electrons. The lowest BCUT2D eigenvalue weighted by molar-refractivity contribution is 1.03. The maximum Gasteiger partial charge on any atom is 0.0925 e. The van der Waals surface area contributed by atoms with Crippen LogP contribution in [0, 0.1) is 69.2 Å². The first-order valence-electron chi connectivity index (χ1n) is 11.0. The van der Waals surface area contributed by atoms with Crippen molar-refractivity contribution < 1.29 is 0 Å². The second-order valence-electron chi connectivity index (χ2n) is 9.07. The fraction of sp³-hybridized carbons (Fsp3) is 0.407. The van der Waals surface area contributed by atoms with Gasteiger partial charge in [0.1, 0.15) is 0 Å². The van der Waals surface area contributed by atoms with Gasteiger partial charge in [-0.05, 0) is 120 Å². The van der Waals surface area contributed by atoms with Crippen LogP contribution < -0.4 is 0 Å². The highest BCUT2D eigenvalue weighted by molar-refractivity contribution is 5.86. The van der Waals surface area contributed by atoms with Gasteiger partial charge in [0.25, 0.3) is 0 Å². The molecule has 160 valence electrons. The summed E-state index contributed by atoms with van der Waals surface area (Å²) in [5.41, 5.74) is 18.4. The van der Waals surface area contributed by atoms with E-state index in [0.29, 0.717) is 0 Å². The van der Waals surface area contributed by atoms with Gasteiger partial charge in [0.05, 0.1) is 44.8 Å². The third-order valence-electron chi connectivity index (χ3n) is 7.32. The van der Waals surface area contributed by atoms with E-state index in [0.717, 1.165) is 51.3 Å². The molecule has 0 N–H and O–H groups in total. The Balaban J connectivity index is 2.00. The third-order valence-corrected chi connectivity index (χ3v) is 7.32. The van der Waals surface area contributed by atoms with E-state index in [1.54, 1.807) is 0 Å². The Kier molecular flexibility index (Phi) is 5.07. The van der Waals surface area contributed by atoms with Crippen molar-refractivity contribution in [3.05, 3.63) is 67.3 Å². The molecular weight excluding hydrogens is 380 g/mol. The Bertz CT molecular complexity index is 1290. The summed E-state index contributed by atoms with van der Waals surface area (Å²) in [6.45, 7) is 21.3. The van der Waals surface area contributed by atoms with Crippen molar-refractivity contribution >= 4 is 22.1 Å². The second-order valence-corrected chi connectivity index (χ2v) is 9.07. The van der Waals surface area contributed by atoms with Crippen molar-refractivity contribution in [3.8, 4) is 0 Å². The molecular formula is C27H32N4. The fourth-order valence-corrected chi connectivity index (χ4v) is 4.62. The molecule has 0 aliphatic rings. The molecule has 4 rings (SSSR count). The largest absolute Gasteiger partial charge is 0.249 e. The number of hydrogen-bond donors (Lipinski definition) is 0. The lowest BCUT2D eigenvalue weighted by atomic mass is 9.86. The van der Waals surface area contributed by atoms with Gasteiger partial charge in [-0.2, -0.15) is 0 Å². The molecule has 0 saturated carbocycles. The molecule has 0 fully saturated rings. The molecule has 0 unspecified atom stereocenters. The number of aryl methyl sites for hydroxylation is 8. The molecule has 0 aliphatic carbocycles. The van der Waals surface area contributed by atoms with E-state index in [1.807, 2.05) is 27.7 Å². The van der Waals surface area contributed by atoms with Crippen LogP contribution in [0.15, 0.2) is 0 Å². The zero-order valence-electron chi connectivity index (χ0n) is 20.5. The Morgan fingerprint density at radius 3 is 0.903 bits per heavy atom. The summed E-state index contributed by atoms with van der Waals surface area (Å²) in [6.07, 6.45) is 0.867. The van der Waals surface area contributed by atoms with Crippen LogP contribution in [0.25, 0.3) is 22.1 Å². The normalized spacial score (nSPS) is 11.7. The number of rotatable bonds is 2. The van der Waals surface area contributed by atoms with Gasteiger partial charge >= 0.3 is 0 Å². The summed E-state index contributed by atoms with van der Waals surface area (Å²) in [5.74, 6) is 0. The zero-order valence-corrected chi connectivity index (χ0v) is 20.5. The van der Waals surface area contributed by atoms with E-state index in [-0.39, 0.29) is 0 Å². The quantitative estimate of drug-likeness (QED) is 0.390. The van der Waals surface area contributed by atoms with Gasteiger partial charge in [0.2, 0.25) is 0 Å². The minimum atomic E-state index is 0.867. The van der Waals surface area contributed by atoms with Crippen molar-refractivity contribution in [2.45, 2.75) is 75.7 Å². The van der Waals surface area contributed by atoms with Crippen LogP contribution in [-0.4, -0.2) is 19.9 Å². The highest BCUT2D eigenvalue weighted by Gasteiger charge is 2.20. The molecule has 31 heavy (non-hydrogen) atoms. The fourth-order valence-electron chi connectivity index (χ4n) is 4.62. The van der Waals surface area contributed by atoms with Crippen LogP contribution in [0.3, 0.4) is 0 Å². The van der Waals surface area contributed by atoms with Crippen molar-refractivity contribution in [1.29, 1.82) is 0 Å². The van der Waals surface area contributed by atoms with Gasteiger partial charge in [0, 0.05) is 0 Å². The smallest absolute Gasteiger partial charge is 0.0925 e. The zero-order chi connectivity index (χ0) is 22.8. The van der Waals surface area contributed by atoms with Crippen molar-refractivity contribution in [1.82, 2.24) is 19.9 Å². The van der Waals surface area contributed by atoms with E-state index in [4.69, 9.17) is 19.9 Å². The molecule has 4 aromatic rings. The molecule has 0 bridgehead atoms. The first kappa shape index (κ1) is 21.4. The summed E-state index contributed by atoms with van der Waals surface area (Å²) in [6, 6.07) is 0. The Hall–Kier alpha value is -2.88. The number of nitrogens with zero attached hydrogens (tertiary/aromatic N) is 4. The van der Waals surface area contributed by atoms with Gasteiger partial charge in [-0.1, -0.05) is 0 Å². The number of benzene rings is 2. The van der Waals surface area contributed by atoms with Crippen LogP contribution >= 0.6 is 0 Å². The first-order valence-corrected chi connectivity index (χ1v) is 11.0. The van der Waals surface area contributed by atoms with Gasteiger partial charge < -0.3 is 0 Å². The van der Waals surface area contributed by atoms with Crippen LogP contribution in [-0.2, 0) is 6.42 Å². The highest BCUT2D eigenvalue weighted by Crippen LogP contribution is 2.34. The average molecular weight is 413 g/mol. The van der Waals surface area contributed by atoms with E-state index in [2.05, 4.69) is 41.5 Å². The van der Waals surface area contributed by atoms with E-state index in [9.17, 15) is 0 Å². The molecule has 2 heterocycles. The van der Waals surface area contributed by atoms with E-state index in [1.165, 1.54) is 44.5 Å². The van der Waals surface area contributed by atoms with Crippen LogP contribution in [0.5, 0.6) is 0 Å². The molecule has 0 atom stereocenters. The minimum absolute atomic E-state index is 0.867. The monoisotopic (exact) mass is 412 g/mol. The van der Waals surface area contributed by atoms with Crippen molar-refractivity contribution in [2.24, 2.45) is 0 Å². The van der Waals surface area contributed by atoms with Crippen molar-refractivity contribution in [2.75, 3.05) is 0 Å². The predicted octanol–water partition coefficient (Wildman–Crippen LogP) is 6.25. The lowest BCUT2D eigenvalue weighted by Gasteiger charge is -2.21. The minimum Gasteiger partial charge on any atom is -0.249 e. The predicted molar refractivity (Wildman–Crippen MR) is 129 cm³/mol. The Labute approximate surface area is 185 Å².